The minimum atomic E-state index is -1.02. The van der Waals surface area contributed by atoms with Crippen LogP contribution < -0.4 is 4.74 Å². The lowest BCUT2D eigenvalue weighted by Gasteiger charge is -2.12. The number of aromatic nitrogens is 1. The van der Waals surface area contributed by atoms with Crippen molar-refractivity contribution in [3.63, 3.8) is 0 Å². The molecule has 0 unspecified atom stereocenters. The van der Waals surface area contributed by atoms with Gasteiger partial charge in [-0.2, -0.15) is 0 Å². The molecular weight excluding hydrogens is 556 g/mol. The lowest BCUT2D eigenvalue weighted by Crippen LogP contribution is -2.01. The van der Waals surface area contributed by atoms with Crippen molar-refractivity contribution in [3.8, 4) is 28.8 Å². The molecule has 0 radical (unpaired) electrons. The van der Waals surface area contributed by atoms with Gasteiger partial charge in [0.25, 0.3) is 0 Å². The molecule has 1 aliphatic rings. The average Bonchev–Trinajstić information content (AvgIpc) is 3.65. The Morgan fingerprint density at radius 3 is 2.43 bits per heavy atom. The predicted octanol–water partition coefficient (Wildman–Crippen LogP) is 8.51. The van der Waals surface area contributed by atoms with E-state index >= 15 is 0 Å². The van der Waals surface area contributed by atoms with E-state index in [1.54, 1.807) is 42.5 Å². The van der Waals surface area contributed by atoms with E-state index < -0.39 is 5.97 Å². The molecule has 5 rings (SSSR count). The molecule has 0 aliphatic heterocycles. The van der Waals surface area contributed by atoms with Crippen LogP contribution in [0.3, 0.4) is 0 Å². The molecule has 0 bridgehead atoms. The second-order valence-corrected chi connectivity index (χ2v) is 9.98. The van der Waals surface area contributed by atoms with Crippen LogP contribution in [0.1, 0.15) is 51.6 Å². The maximum atomic E-state index is 11.2. The fraction of sp³-hybridized carbons (Fsp3) is 0.143. The Bertz CT molecular complexity index is 1560. The van der Waals surface area contributed by atoms with Crippen molar-refractivity contribution >= 4 is 52.4 Å². The van der Waals surface area contributed by atoms with Crippen LogP contribution in [0, 0.1) is 11.8 Å². The highest BCUT2D eigenvalue weighted by atomic mass is 35.5. The normalized spacial score (nSPS) is 12.6. The summed E-state index contributed by atoms with van der Waals surface area (Å²) in [5, 5.41) is 14.8. The van der Waals surface area contributed by atoms with Crippen molar-refractivity contribution in [2.24, 2.45) is 0 Å². The minimum absolute atomic E-state index is 0.120. The Kier molecular flexibility index (Phi) is 7.37. The molecule has 186 valence electrons. The van der Waals surface area contributed by atoms with E-state index in [1.807, 2.05) is 0 Å². The van der Waals surface area contributed by atoms with E-state index in [4.69, 9.17) is 60.8 Å². The SMILES string of the molecule is O=C(O)c1cccc(C#Cc2ccc(OCc3c(-c4c(Cl)cccc4Cl)noc3C3CC3)c(Cl)c2Cl)c1. The van der Waals surface area contributed by atoms with Crippen molar-refractivity contribution < 1.29 is 19.2 Å². The van der Waals surface area contributed by atoms with Gasteiger partial charge in [0.05, 0.1) is 26.2 Å². The smallest absolute Gasteiger partial charge is 0.335 e. The van der Waals surface area contributed by atoms with Crippen molar-refractivity contribution in [1.29, 1.82) is 0 Å². The molecule has 37 heavy (non-hydrogen) atoms. The fourth-order valence-corrected chi connectivity index (χ4v) is 4.81. The molecule has 0 spiro atoms. The fourth-order valence-electron chi connectivity index (χ4n) is 3.81. The third kappa shape index (κ3) is 5.44. The quantitative estimate of drug-likeness (QED) is 0.234. The van der Waals surface area contributed by atoms with Gasteiger partial charge < -0.3 is 14.4 Å². The second kappa shape index (κ2) is 10.7. The molecule has 1 N–H and O–H groups in total. The Hall–Kier alpha value is -3.14. The van der Waals surface area contributed by atoms with Gasteiger partial charge >= 0.3 is 5.97 Å². The summed E-state index contributed by atoms with van der Waals surface area (Å²) >= 11 is 25.9. The van der Waals surface area contributed by atoms with E-state index in [1.165, 1.54) is 12.1 Å². The van der Waals surface area contributed by atoms with Gasteiger partial charge in [-0.05, 0) is 55.3 Å². The van der Waals surface area contributed by atoms with Gasteiger partial charge in [0.15, 0.2) is 0 Å². The zero-order valence-corrected chi connectivity index (χ0v) is 22.0. The molecule has 5 nitrogen and oxygen atoms in total. The maximum Gasteiger partial charge on any atom is 0.335 e. The lowest BCUT2D eigenvalue weighted by atomic mass is 10.0. The lowest BCUT2D eigenvalue weighted by molar-refractivity contribution is 0.0697. The van der Waals surface area contributed by atoms with Crippen LogP contribution in [0.4, 0.5) is 0 Å². The van der Waals surface area contributed by atoms with Crippen LogP contribution in [-0.4, -0.2) is 16.2 Å². The third-order valence-corrected chi connectivity index (χ3v) is 7.33. The highest BCUT2D eigenvalue weighted by molar-refractivity contribution is 6.43. The Morgan fingerprint density at radius 2 is 1.73 bits per heavy atom. The van der Waals surface area contributed by atoms with Gasteiger partial charge in [0.1, 0.15) is 28.8 Å². The molecule has 4 aromatic rings. The van der Waals surface area contributed by atoms with Crippen LogP contribution in [-0.2, 0) is 6.61 Å². The third-order valence-electron chi connectivity index (χ3n) is 5.84. The second-order valence-electron chi connectivity index (χ2n) is 8.41. The Morgan fingerprint density at radius 1 is 1.00 bits per heavy atom. The van der Waals surface area contributed by atoms with E-state index in [2.05, 4.69) is 17.0 Å². The maximum absolute atomic E-state index is 11.2. The summed E-state index contributed by atoms with van der Waals surface area (Å²) in [5.74, 6) is 6.22. The number of nitrogens with zero attached hydrogens (tertiary/aromatic N) is 1. The molecular formula is C28H17Cl4NO4. The predicted molar refractivity (Wildman–Crippen MR) is 144 cm³/mol. The van der Waals surface area contributed by atoms with Crippen LogP contribution in [0.2, 0.25) is 20.1 Å². The molecule has 9 heteroatoms. The van der Waals surface area contributed by atoms with Crippen molar-refractivity contribution in [3.05, 3.63) is 103 Å². The summed E-state index contributed by atoms with van der Waals surface area (Å²) in [4.78, 5) is 11.2. The van der Waals surface area contributed by atoms with E-state index in [0.29, 0.717) is 38.2 Å². The average molecular weight is 573 g/mol. The van der Waals surface area contributed by atoms with E-state index in [-0.39, 0.29) is 28.1 Å². The first-order chi connectivity index (χ1) is 17.8. The minimum Gasteiger partial charge on any atom is -0.487 e. The molecule has 3 aromatic carbocycles. The topological polar surface area (TPSA) is 72.6 Å². The van der Waals surface area contributed by atoms with Gasteiger partial charge in [0, 0.05) is 22.6 Å². The number of ether oxygens (including phenoxy) is 1. The number of rotatable bonds is 6. The summed E-state index contributed by atoms with van der Waals surface area (Å²) in [6, 6.07) is 15.0. The van der Waals surface area contributed by atoms with Crippen LogP contribution in [0.25, 0.3) is 11.3 Å². The summed E-state index contributed by atoms with van der Waals surface area (Å²) < 4.78 is 11.7. The first-order valence-corrected chi connectivity index (χ1v) is 12.7. The van der Waals surface area contributed by atoms with Crippen molar-refractivity contribution in [1.82, 2.24) is 5.16 Å². The van der Waals surface area contributed by atoms with Gasteiger partial charge in [-0.1, -0.05) is 75.5 Å². The summed E-state index contributed by atoms with van der Waals surface area (Å²) in [6.07, 6.45) is 2.01. The summed E-state index contributed by atoms with van der Waals surface area (Å²) in [5.41, 5.74) is 3.04. The monoisotopic (exact) mass is 571 g/mol. The first kappa shape index (κ1) is 25.5. The molecule has 1 saturated carbocycles. The number of carboxylic acid groups (broad SMARTS) is 1. The van der Waals surface area contributed by atoms with Gasteiger partial charge in [-0.15, -0.1) is 0 Å². The number of benzene rings is 3. The van der Waals surface area contributed by atoms with Gasteiger partial charge in [-0.3, -0.25) is 0 Å². The first-order valence-electron chi connectivity index (χ1n) is 11.2. The zero-order valence-electron chi connectivity index (χ0n) is 19.0. The highest BCUT2D eigenvalue weighted by Gasteiger charge is 2.33. The number of hydrogen-bond donors (Lipinski definition) is 1. The summed E-state index contributed by atoms with van der Waals surface area (Å²) in [6.45, 7) is 0.120. The van der Waals surface area contributed by atoms with Crippen LogP contribution >= 0.6 is 46.4 Å². The standard InChI is InChI=1S/C28H17Cl4NO4/c29-20-5-2-6-21(30)23(20)26-19(27(37-33-26)17-9-10-17)14-36-22-12-11-16(24(31)25(22)32)8-7-15-3-1-4-18(13-15)28(34)35/h1-6,11-13,17H,9-10,14H2,(H,34,35). The molecule has 0 atom stereocenters. The molecule has 1 aromatic heterocycles. The number of carbonyl (C=O) groups is 1. The molecule has 1 heterocycles. The number of aromatic carboxylic acids is 1. The van der Waals surface area contributed by atoms with E-state index in [0.717, 1.165) is 24.2 Å². The largest absolute Gasteiger partial charge is 0.487 e. The number of halogens is 4. The van der Waals surface area contributed by atoms with Gasteiger partial charge in [-0.25, -0.2) is 4.79 Å². The number of hydrogen-bond acceptors (Lipinski definition) is 4. The highest BCUT2D eigenvalue weighted by Crippen LogP contribution is 2.46. The molecule has 1 aliphatic carbocycles. The van der Waals surface area contributed by atoms with Crippen LogP contribution in [0.15, 0.2) is 59.1 Å². The molecule has 0 saturated heterocycles. The molecule has 0 amide bonds. The Balaban J connectivity index is 1.41. The number of carboxylic acids is 1. The summed E-state index contributed by atoms with van der Waals surface area (Å²) in [7, 11) is 0. The van der Waals surface area contributed by atoms with Crippen molar-refractivity contribution in [2.75, 3.05) is 0 Å². The Labute approximate surface area is 232 Å². The van der Waals surface area contributed by atoms with E-state index in [9.17, 15) is 4.79 Å². The van der Waals surface area contributed by atoms with Crippen LogP contribution in [0.5, 0.6) is 5.75 Å². The van der Waals surface area contributed by atoms with Crippen molar-refractivity contribution in [2.45, 2.75) is 25.4 Å². The molecule has 1 fully saturated rings. The van der Waals surface area contributed by atoms with Gasteiger partial charge in [0.2, 0.25) is 0 Å². The zero-order chi connectivity index (χ0) is 26.1.